The van der Waals surface area contributed by atoms with E-state index in [0.717, 1.165) is 43.2 Å². The van der Waals surface area contributed by atoms with Crippen LogP contribution in [0.1, 0.15) is 142 Å². The maximum atomic E-state index is 13.8. The monoisotopic (exact) mass is 957 g/mol. The van der Waals surface area contributed by atoms with Gasteiger partial charge in [-0.25, -0.2) is 0 Å². The molecule has 69 heavy (non-hydrogen) atoms. The van der Waals surface area contributed by atoms with Crippen LogP contribution in [0.15, 0.2) is 48.5 Å². The molecule has 1 unspecified atom stereocenters. The van der Waals surface area contributed by atoms with E-state index in [9.17, 15) is 28.8 Å². The number of amides is 6. The van der Waals surface area contributed by atoms with E-state index in [1.165, 1.54) is 12.5 Å². The molecule has 4 aliphatic rings. The summed E-state index contributed by atoms with van der Waals surface area (Å²) in [5.41, 5.74) is 15.1. The average molecular weight is 957 g/mol. The van der Waals surface area contributed by atoms with E-state index >= 15 is 0 Å². The first-order valence-electron chi connectivity index (χ1n) is 25.5. The highest BCUT2D eigenvalue weighted by molar-refractivity contribution is 6.47. The highest BCUT2D eigenvalue weighted by Crippen LogP contribution is 2.65. The van der Waals surface area contributed by atoms with Gasteiger partial charge < -0.3 is 52.7 Å². The Bertz CT molecular complexity index is 2050. The van der Waals surface area contributed by atoms with Crippen molar-refractivity contribution in [2.45, 2.75) is 174 Å². The summed E-state index contributed by atoms with van der Waals surface area (Å²) in [4.78, 5) is 81.1. The van der Waals surface area contributed by atoms with Crippen molar-refractivity contribution in [2.75, 3.05) is 19.6 Å². The molecule has 1 saturated heterocycles. The maximum absolute atomic E-state index is 13.8. The fraction of sp³-hybridized carbons (Fsp3) is 0.654. The second-order valence-electron chi connectivity index (χ2n) is 20.8. The summed E-state index contributed by atoms with van der Waals surface area (Å²) < 4.78 is 13.0. The van der Waals surface area contributed by atoms with Crippen LogP contribution < -0.4 is 43.4 Å². The quantitative estimate of drug-likeness (QED) is 0.0462. The Morgan fingerprint density at radius 1 is 0.710 bits per heavy atom. The molecule has 2 aromatic carbocycles. The van der Waals surface area contributed by atoms with Crippen molar-refractivity contribution in [2.24, 2.45) is 34.6 Å². The molecule has 6 rings (SSSR count). The van der Waals surface area contributed by atoms with Crippen molar-refractivity contribution in [1.82, 2.24) is 31.9 Å². The highest BCUT2D eigenvalue weighted by Gasteiger charge is 2.68. The van der Waals surface area contributed by atoms with Crippen LogP contribution in [0.2, 0.25) is 0 Å². The summed E-state index contributed by atoms with van der Waals surface area (Å²) in [6.07, 6.45) is 7.54. The zero-order valence-electron chi connectivity index (χ0n) is 42.4. The van der Waals surface area contributed by atoms with Gasteiger partial charge in [-0.2, -0.15) is 0 Å². The maximum Gasteiger partial charge on any atom is 0.481 e. The molecule has 17 heteroatoms. The topological polar surface area (TPSA) is 245 Å². The van der Waals surface area contributed by atoms with Crippen LogP contribution in [-0.4, -0.2) is 104 Å². The summed E-state index contributed by atoms with van der Waals surface area (Å²) in [5, 5.41) is 16.9. The second-order valence-corrected chi connectivity index (χ2v) is 20.8. The lowest BCUT2D eigenvalue weighted by atomic mass is 9.43. The first kappa shape index (κ1) is 55.1. The second kappa shape index (κ2) is 25.3. The smallest absolute Gasteiger partial charge is 0.404 e. The molecule has 1 aliphatic heterocycles. The Balaban J connectivity index is 1.11. The largest absolute Gasteiger partial charge is 0.481 e. The molecule has 2 aromatic rings. The van der Waals surface area contributed by atoms with Gasteiger partial charge in [0.15, 0.2) is 0 Å². The zero-order valence-corrected chi connectivity index (χ0v) is 42.4. The third kappa shape index (κ3) is 14.6. The van der Waals surface area contributed by atoms with Crippen LogP contribution in [-0.2, 0) is 39.7 Å². The van der Waals surface area contributed by atoms with Crippen molar-refractivity contribution in [3.63, 3.8) is 0 Å². The predicted octanol–water partition coefficient (Wildman–Crippen LogP) is 4.46. The third-order valence-corrected chi connectivity index (χ3v) is 14.7. The van der Waals surface area contributed by atoms with Crippen molar-refractivity contribution in [1.29, 1.82) is 0 Å². The van der Waals surface area contributed by atoms with E-state index in [-0.39, 0.29) is 61.6 Å². The number of unbranched alkanes of at least 4 members (excludes halogenated alkanes) is 2. The molecule has 0 aromatic heterocycles. The van der Waals surface area contributed by atoms with Gasteiger partial charge in [-0.15, -0.1) is 0 Å². The van der Waals surface area contributed by atoms with Gasteiger partial charge in [-0.1, -0.05) is 77.4 Å². The minimum absolute atomic E-state index is 0.0333. The Kier molecular flexibility index (Phi) is 20.2. The van der Waals surface area contributed by atoms with Crippen LogP contribution in [0, 0.1) is 23.2 Å². The molecular formula is C52H81BN8O8. The van der Waals surface area contributed by atoms with Crippen molar-refractivity contribution in [3.8, 4) is 11.1 Å². The number of nitrogens with two attached hydrogens (primary N) is 2. The van der Waals surface area contributed by atoms with Crippen LogP contribution in [0.4, 0.5) is 0 Å². The summed E-state index contributed by atoms with van der Waals surface area (Å²) in [7, 11) is -0.631. The molecular weight excluding hydrogens is 875 g/mol. The summed E-state index contributed by atoms with van der Waals surface area (Å²) in [6.45, 7) is 16.8. The van der Waals surface area contributed by atoms with Gasteiger partial charge in [0.05, 0.1) is 17.6 Å². The fourth-order valence-corrected chi connectivity index (χ4v) is 10.2. The van der Waals surface area contributed by atoms with Crippen LogP contribution in [0.25, 0.3) is 11.1 Å². The number of aryl methyl sites for hydroxylation is 1. The normalized spacial score (nSPS) is 22.2. The van der Waals surface area contributed by atoms with E-state index < -0.39 is 66.5 Å². The molecule has 380 valence electrons. The van der Waals surface area contributed by atoms with Crippen molar-refractivity contribution < 1.29 is 38.1 Å². The lowest BCUT2D eigenvalue weighted by Crippen LogP contribution is -2.65. The van der Waals surface area contributed by atoms with Gasteiger partial charge >= 0.3 is 7.12 Å². The van der Waals surface area contributed by atoms with E-state index in [2.05, 4.69) is 83.9 Å². The summed E-state index contributed by atoms with van der Waals surface area (Å²) in [5.74, 6) is -2.43. The molecule has 2 bridgehead atoms. The SMILES string of the molecule is CCCCc1ccc(-c2ccc(C(=O)NCCC(=O)N[C@@H](CCCCN)C(=O)N[C@@H](CCCN)C(=O)N[C@@H](C)C(=O)N[C@@H](CC(C)C)C(=O)N[C@@H](C)B3OC4C[C@@H]5C[C@@H](C5(C)C)[C@]4(C)O3)cc2)cc1. The minimum atomic E-state index is -1.08. The predicted molar refractivity (Wildman–Crippen MR) is 269 cm³/mol. The number of hydrogen-bond donors (Lipinski definition) is 8. The Morgan fingerprint density at radius 3 is 1.93 bits per heavy atom. The van der Waals surface area contributed by atoms with Crippen LogP contribution in [0.3, 0.4) is 0 Å². The molecule has 3 saturated carbocycles. The highest BCUT2D eigenvalue weighted by atomic mass is 16.7. The molecule has 4 fully saturated rings. The van der Waals surface area contributed by atoms with E-state index in [0.29, 0.717) is 49.6 Å². The number of carbonyl (C=O) groups excluding carboxylic acids is 6. The first-order valence-corrected chi connectivity index (χ1v) is 25.5. The Labute approximate surface area is 410 Å². The van der Waals surface area contributed by atoms with Gasteiger partial charge in [0, 0.05) is 18.5 Å². The minimum Gasteiger partial charge on any atom is -0.404 e. The van der Waals surface area contributed by atoms with Gasteiger partial charge in [0.1, 0.15) is 24.2 Å². The van der Waals surface area contributed by atoms with Crippen LogP contribution >= 0.6 is 0 Å². The van der Waals surface area contributed by atoms with E-state index in [1.807, 2.05) is 32.9 Å². The van der Waals surface area contributed by atoms with Crippen molar-refractivity contribution >= 4 is 42.6 Å². The third-order valence-electron chi connectivity index (χ3n) is 14.7. The molecule has 6 amide bonds. The van der Waals surface area contributed by atoms with Crippen molar-refractivity contribution in [3.05, 3.63) is 59.7 Å². The molecule has 10 N–H and O–H groups in total. The Morgan fingerprint density at radius 2 is 1.30 bits per heavy atom. The van der Waals surface area contributed by atoms with Gasteiger partial charge in [-0.05, 0) is 150 Å². The fourth-order valence-electron chi connectivity index (χ4n) is 10.2. The standard InChI is InChI=1S/C52H81BN8O8/c1-9-10-14-35-17-19-36(20-18-35)37-21-23-38(24-22-37)47(64)56-28-25-45(62)59-40(15-11-12-26-54)49(66)60-41(16-13-27-55)48(65)57-33(4)46(63)61-42(29-32(2)3)50(67)58-34(5)53-68-44-31-39-30-43(51(39,6)7)52(44,8)69-53/h17-24,32-34,39-44H,9-16,25-31,54-55H2,1-8H3,(H,56,64)(H,57,65)(H,58,67)(H,59,62)(H,60,66)(H,61,63)/t33-,34-,39-,40-,41-,42-,43-,44?,52-/m0/s1. The lowest BCUT2D eigenvalue weighted by molar-refractivity contribution is -0.199. The number of rotatable bonds is 27. The molecule has 16 nitrogen and oxygen atoms in total. The average Bonchev–Trinajstić information content (AvgIpc) is 3.69. The van der Waals surface area contributed by atoms with Crippen LogP contribution in [0.5, 0.6) is 0 Å². The lowest BCUT2D eigenvalue weighted by Gasteiger charge is -2.64. The number of benzene rings is 2. The molecule has 1 heterocycles. The van der Waals surface area contributed by atoms with Gasteiger partial charge in [0.25, 0.3) is 5.91 Å². The Hall–Kier alpha value is -4.84. The van der Waals surface area contributed by atoms with Gasteiger partial charge in [0.2, 0.25) is 29.5 Å². The molecule has 0 spiro atoms. The van der Waals surface area contributed by atoms with E-state index in [1.54, 1.807) is 12.1 Å². The van der Waals surface area contributed by atoms with E-state index in [4.69, 9.17) is 20.8 Å². The molecule has 0 radical (unpaired) electrons. The number of hydrogen-bond acceptors (Lipinski definition) is 10. The summed E-state index contributed by atoms with van der Waals surface area (Å²) >= 11 is 0. The number of carbonyl (C=O) groups is 6. The molecule has 9 atom stereocenters. The number of nitrogens with one attached hydrogen (secondary N) is 6. The zero-order chi connectivity index (χ0) is 50.5. The molecule has 3 aliphatic carbocycles. The van der Waals surface area contributed by atoms with Gasteiger partial charge in [-0.3, -0.25) is 28.8 Å². The summed E-state index contributed by atoms with van der Waals surface area (Å²) in [6, 6.07) is 11.7. The first-order chi connectivity index (χ1) is 32.8.